The lowest BCUT2D eigenvalue weighted by molar-refractivity contribution is 0.0186. The molecule has 176 valence electrons. The maximum absolute atomic E-state index is 14.2. The first-order chi connectivity index (χ1) is 15.6. The molecule has 0 unspecified atom stereocenters. The Labute approximate surface area is 196 Å². The number of rotatable bonds is 4. The van der Waals surface area contributed by atoms with E-state index in [1.807, 2.05) is 25.5 Å². The van der Waals surface area contributed by atoms with Crippen molar-refractivity contribution >= 4 is 40.4 Å². The molecule has 1 aromatic carbocycles. The van der Waals surface area contributed by atoms with Crippen molar-refractivity contribution in [2.24, 2.45) is 0 Å². The van der Waals surface area contributed by atoms with Crippen molar-refractivity contribution < 1.29 is 13.9 Å². The first kappa shape index (κ1) is 23.0. The molecule has 0 aliphatic carbocycles. The molecule has 3 heterocycles. The topological polar surface area (TPSA) is 111 Å². The Balaban J connectivity index is 1.55. The quantitative estimate of drug-likeness (QED) is 0.575. The lowest BCUT2D eigenvalue weighted by Gasteiger charge is -2.33. The fraction of sp³-hybridized carbons (Fsp3) is 0.455. The summed E-state index contributed by atoms with van der Waals surface area (Å²) in [5.74, 6) is 0.328. The molecule has 11 heteroatoms. The Bertz CT molecular complexity index is 1150. The molecular formula is C22H27ClFN7O2. The van der Waals surface area contributed by atoms with Gasteiger partial charge in [-0.05, 0) is 45.7 Å². The van der Waals surface area contributed by atoms with Crippen LogP contribution < -0.4 is 11.1 Å². The van der Waals surface area contributed by atoms with Gasteiger partial charge in [-0.25, -0.2) is 23.8 Å². The number of carbonyl (C=O) groups excluding carboxylic acids is 1. The second kappa shape index (κ2) is 9.01. The molecule has 0 spiro atoms. The molecule has 1 saturated heterocycles. The van der Waals surface area contributed by atoms with Gasteiger partial charge >= 0.3 is 6.09 Å². The van der Waals surface area contributed by atoms with Gasteiger partial charge in [0.1, 0.15) is 28.9 Å². The highest BCUT2D eigenvalue weighted by Gasteiger charge is 2.30. The molecule has 33 heavy (non-hydrogen) atoms. The van der Waals surface area contributed by atoms with E-state index < -0.39 is 11.4 Å². The number of nitrogen functional groups attached to an aromatic ring is 1. The number of fused-ring (bicyclic) bond motifs is 1. The van der Waals surface area contributed by atoms with Crippen LogP contribution >= 0.6 is 11.6 Å². The Morgan fingerprint density at radius 3 is 2.70 bits per heavy atom. The van der Waals surface area contributed by atoms with Gasteiger partial charge in [0.05, 0.1) is 6.04 Å². The number of piperidine rings is 1. The average Bonchev–Trinajstić information content (AvgIpc) is 3.12. The van der Waals surface area contributed by atoms with E-state index in [-0.39, 0.29) is 24.5 Å². The SMILES string of the molecule is CC(C)(C)OC(=O)N1CCC(n2nc(NCc3c(F)cccc3Cl)c3c(N)ncnc32)CC1. The summed E-state index contributed by atoms with van der Waals surface area (Å²) in [5, 5.41) is 8.73. The predicted octanol–water partition coefficient (Wildman–Crippen LogP) is 4.39. The summed E-state index contributed by atoms with van der Waals surface area (Å²) in [7, 11) is 0. The highest BCUT2D eigenvalue weighted by molar-refractivity contribution is 6.31. The molecular weight excluding hydrogens is 449 g/mol. The zero-order valence-electron chi connectivity index (χ0n) is 18.8. The third-order valence-corrected chi connectivity index (χ3v) is 5.83. The Kier molecular flexibility index (Phi) is 6.29. The van der Waals surface area contributed by atoms with Gasteiger partial charge in [-0.2, -0.15) is 5.10 Å². The van der Waals surface area contributed by atoms with E-state index in [9.17, 15) is 9.18 Å². The standard InChI is InChI=1S/C22H27ClFN7O2/c1-22(2,3)33-21(32)30-9-7-13(8-10-30)31-20-17(18(25)27-12-28-20)19(29-31)26-11-14-15(23)5-4-6-16(14)24/h4-6,12-13H,7-11H2,1-3H3,(H,26,29)(H2,25,27,28). The summed E-state index contributed by atoms with van der Waals surface area (Å²) in [4.78, 5) is 22.6. The molecule has 2 aromatic heterocycles. The van der Waals surface area contributed by atoms with Crippen molar-refractivity contribution in [3.8, 4) is 0 Å². The van der Waals surface area contributed by atoms with Gasteiger partial charge < -0.3 is 20.7 Å². The number of hydrogen-bond acceptors (Lipinski definition) is 7. The average molecular weight is 476 g/mol. The molecule has 0 saturated carbocycles. The number of nitrogens with two attached hydrogens (primary N) is 1. The summed E-state index contributed by atoms with van der Waals surface area (Å²) in [6.07, 6.45) is 2.43. The van der Waals surface area contributed by atoms with Gasteiger partial charge in [0.2, 0.25) is 0 Å². The fourth-order valence-corrected chi connectivity index (χ4v) is 4.10. The maximum atomic E-state index is 14.2. The molecule has 1 amide bonds. The Hall–Kier alpha value is -3.14. The van der Waals surface area contributed by atoms with Crippen LogP contribution in [0.3, 0.4) is 0 Å². The zero-order chi connectivity index (χ0) is 23.8. The molecule has 4 rings (SSSR count). The number of carbonyl (C=O) groups is 1. The van der Waals surface area contributed by atoms with Crippen LogP contribution in [-0.4, -0.2) is 49.4 Å². The molecule has 0 radical (unpaired) electrons. The predicted molar refractivity (Wildman–Crippen MR) is 125 cm³/mol. The molecule has 0 atom stereocenters. The lowest BCUT2D eigenvalue weighted by atomic mass is 10.1. The minimum atomic E-state index is -0.539. The second-order valence-corrected chi connectivity index (χ2v) is 9.41. The van der Waals surface area contributed by atoms with Crippen molar-refractivity contribution in [3.05, 3.63) is 40.9 Å². The lowest BCUT2D eigenvalue weighted by Crippen LogP contribution is -2.42. The van der Waals surface area contributed by atoms with Crippen LogP contribution in [0.2, 0.25) is 5.02 Å². The van der Waals surface area contributed by atoms with Crippen molar-refractivity contribution in [1.82, 2.24) is 24.6 Å². The van der Waals surface area contributed by atoms with Gasteiger partial charge in [-0.15, -0.1) is 0 Å². The summed E-state index contributed by atoms with van der Waals surface area (Å²) in [5.41, 5.74) is 6.52. The third-order valence-electron chi connectivity index (χ3n) is 5.47. The summed E-state index contributed by atoms with van der Waals surface area (Å²) in [6, 6.07) is 4.55. The number of ether oxygens (including phenoxy) is 1. The van der Waals surface area contributed by atoms with Crippen LogP contribution in [0.15, 0.2) is 24.5 Å². The molecule has 1 aliphatic heterocycles. The zero-order valence-corrected chi connectivity index (χ0v) is 19.6. The van der Waals surface area contributed by atoms with Crippen LogP contribution in [0.1, 0.15) is 45.2 Å². The number of aromatic nitrogens is 4. The number of amides is 1. The molecule has 1 aliphatic rings. The molecule has 9 nitrogen and oxygen atoms in total. The summed E-state index contributed by atoms with van der Waals surface area (Å²) < 4.78 is 21.5. The van der Waals surface area contributed by atoms with E-state index >= 15 is 0 Å². The monoisotopic (exact) mass is 475 g/mol. The van der Waals surface area contributed by atoms with Crippen LogP contribution in [0, 0.1) is 5.82 Å². The van der Waals surface area contributed by atoms with Crippen LogP contribution in [-0.2, 0) is 11.3 Å². The van der Waals surface area contributed by atoms with Gasteiger partial charge in [0.25, 0.3) is 0 Å². The largest absolute Gasteiger partial charge is 0.444 e. The van der Waals surface area contributed by atoms with E-state index in [4.69, 9.17) is 27.2 Å². The van der Waals surface area contributed by atoms with E-state index in [2.05, 4.69) is 15.3 Å². The van der Waals surface area contributed by atoms with Gasteiger partial charge in [-0.1, -0.05) is 17.7 Å². The number of anilines is 2. The van der Waals surface area contributed by atoms with E-state index in [0.717, 1.165) is 0 Å². The van der Waals surface area contributed by atoms with Crippen molar-refractivity contribution in [2.75, 3.05) is 24.1 Å². The second-order valence-electron chi connectivity index (χ2n) is 9.00. The third kappa shape index (κ3) is 4.95. The highest BCUT2D eigenvalue weighted by Crippen LogP contribution is 2.32. The highest BCUT2D eigenvalue weighted by atomic mass is 35.5. The number of likely N-dealkylation sites (tertiary alicyclic amines) is 1. The molecule has 3 aromatic rings. The van der Waals surface area contributed by atoms with E-state index in [0.29, 0.717) is 53.4 Å². The Morgan fingerprint density at radius 1 is 1.30 bits per heavy atom. The van der Waals surface area contributed by atoms with E-state index in [1.54, 1.807) is 17.0 Å². The van der Waals surface area contributed by atoms with Gasteiger partial charge in [0, 0.05) is 30.2 Å². The van der Waals surface area contributed by atoms with Crippen LogP contribution in [0.4, 0.5) is 20.8 Å². The summed E-state index contributed by atoms with van der Waals surface area (Å²) in [6.45, 7) is 6.75. The first-order valence-electron chi connectivity index (χ1n) is 10.8. The molecule has 3 N–H and O–H groups in total. The van der Waals surface area contributed by atoms with Crippen molar-refractivity contribution in [3.63, 3.8) is 0 Å². The minimum absolute atomic E-state index is 0.00749. The smallest absolute Gasteiger partial charge is 0.410 e. The number of hydrogen-bond donors (Lipinski definition) is 2. The van der Waals surface area contributed by atoms with Crippen LogP contribution in [0.25, 0.3) is 11.0 Å². The Morgan fingerprint density at radius 2 is 2.03 bits per heavy atom. The number of benzene rings is 1. The maximum Gasteiger partial charge on any atom is 0.410 e. The molecule has 1 fully saturated rings. The normalized spacial score (nSPS) is 15.1. The van der Waals surface area contributed by atoms with Gasteiger partial charge in [-0.3, -0.25) is 0 Å². The number of halogens is 2. The van der Waals surface area contributed by atoms with Crippen LogP contribution in [0.5, 0.6) is 0 Å². The summed E-state index contributed by atoms with van der Waals surface area (Å²) >= 11 is 6.15. The fourth-order valence-electron chi connectivity index (χ4n) is 3.87. The van der Waals surface area contributed by atoms with Crippen molar-refractivity contribution in [1.29, 1.82) is 0 Å². The van der Waals surface area contributed by atoms with Crippen molar-refractivity contribution in [2.45, 2.75) is 51.8 Å². The van der Waals surface area contributed by atoms with E-state index in [1.165, 1.54) is 12.4 Å². The number of nitrogens with zero attached hydrogens (tertiary/aromatic N) is 5. The molecule has 0 bridgehead atoms. The first-order valence-corrected chi connectivity index (χ1v) is 11.1. The van der Waals surface area contributed by atoms with Gasteiger partial charge in [0.15, 0.2) is 11.5 Å². The number of nitrogens with one attached hydrogen (secondary N) is 1. The minimum Gasteiger partial charge on any atom is -0.444 e.